The zero-order chi connectivity index (χ0) is 23.7. The van der Waals surface area contributed by atoms with E-state index in [9.17, 15) is 9.50 Å². The van der Waals surface area contributed by atoms with Gasteiger partial charge in [0, 0.05) is 36.9 Å². The van der Waals surface area contributed by atoms with Crippen molar-refractivity contribution in [3.8, 4) is 11.3 Å². The average Bonchev–Trinajstić information content (AvgIpc) is 3.45. The summed E-state index contributed by atoms with van der Waals surface area (Å²) in [6.07, 6.45) is 3.57. The summed E-state index contributed by atoms with van der Waals surface area (Å²) >= 11 is 0. The molecule has 0 saturated heterocycles. The predicted octanol–water partition coefficient (Wildman–Crippen LogP) is 3.26. The summed E-state index contributed by atoms with van der Waals surface area (Å²) in [5.41, 5.74) is 2.07. The number of anilines is 2. The van der Waals surface area contributed by atoms with E-state index in [1.54, 1.807) is 54.5 Å². The summed E-state index contributed by atoms with van der Waals surface area (Å²) in [4.78, 5) is 8.68. The van der Waals surface area contributed by atoms with Crippen molar-refractivity contribution < 1.29 is 13.9 Å². The average molecular weight is 462 g/mol. The number of aryl methyl sites for hydroxylation is 1. The van der Waals surface area contributed by atoms with Gasteiger partial charge in [-0.2, -0.15) is 9.49 Å². The lowest BCUT2D eigenvalue weighted by Gasteiger charge is -2.13. The van der Waals surface area contributed by atoms with Crippen LogP contribution in [0.2, 0.25) is 0 Å². The Labute approximate surface area is 192 Å². The van der Waals surface area contributed by atoms with Gasteiger partial charge in [-0.25, -0.2) is 14.4 Å². The molecule has 0 fully saturated rings. The molecule has 4 aromatic heterocycles. The van der Waals surface area contributed by atoms with Crippen LogP contribution < -0.4 is 5.32 Å². The summed E-state index contributed by atoms with van der Waals surface area (Å²) in [7, 11) is 1.79. The molecule has 11 heteroatoms. The molecule has 9 nitrogen and oxygen atoms in total. The number of aliphatic hydroxyl groups excluding tert-OH is 1. The lowest BCUT2D eigenvalue weighted by atomic mass is 9.99. The molecular weight excluding hydrogens is 442 g/mol. The molecule has 0 amide bonds. The van der Waals surface area contributed by atoms with E-state index in [1.165, 1.54) is 22.6 Å². The van der Waals surface area contributed by atoms with Gasteiger partial charge in [0.2, 0.25) is 11.9 Å². The molecule has 0 spiro atoms. The molecule has 0 bridgehead atoms. The maximum absolute atomic E-state index is 15.3. The predicted molar refractivity (Wildman–Crippen MR) is 120 cm³/mol. The number of nitrogens with one attached hydrogen (secondary N) is 1. The van der Waals surface area contributed by atoms with E-state index in [0.717, 1.165) is 5.56 Å². The number of hydrogen-bond donors (Lipinski definition) is 2. The number of fused-ring (bicyclic) bond motifs is 1. The molecule has 1 atom stereocenters. The molecule has 0 aliphatic heterocycles. The van der Waals surface area contributed by atoms with E-state index >= 15 is 4.39 Å². The number of halogens is 2. The molecule has 0 radical (unpaired) electrons. The first-order valence-corrected chi connectivity index (χ1v) is 10.5. The van der Waals surface area contributed by atoms with E-state index in [1.807, 2.05) is 0 Å². The van der Waals surface area contributed by atoms with Gasteiger partial charge in [-0.3, -0.25) is 9.08 Å². The quantitative estimate of drug-likeness (QED) is 0.358. The van der Waals surface area contributed by atoms with Gasteiger partial charge in [-0.1, -0.05) is 12.1 Å². The molecule has 34 heavy (non-hydrogen) atoms. The summed E-state index contributed by atoms with van der Waals surface area (Å²) in [5, 5.41) is 25.4. The maximum atomic E-state index is 15.3. The van der Waals surface area contributed by atoms with Crippen LogP contribution in [0.3, 0.4) is 0 Å². The fourth-order valence-corrected chi connectivity index (χ4v) is 3.74. The molecule has 1 unspecified atom stereocenters. The number of benzene rings is 1. The molecule has 4 heterocycles. The summed E-state index contributed by atoms with van der Waals surface area (Å²) < 4.78 is 31.4. The first kappa shape index (κ1) is 21.6. The highest BCUT2D eigenvalue weighted by molar-refractivity contribution is 5.65. The summed E-state index contributed by atoms with van der Waals surface area (Å²) in [6, 6.07) is 12.4. The summed E-state index contributed by atoms with van der Waals surface area (Å²) in [6.45, 7) is -0.270. The van der Waals surface area contributed by atoms with Gasteiger partial charge in [0.15, 0.2) is 5.65 Å². The zero-order valence-corrected chi connectivity index (χ0v) is 18.1. The Morgan fingerprint density at radius 3 is 2.59 bits per heavy atom. The van der Waals surface area contributed by atoms with Gasteiger partial charge >= 0.3 is 0 Å². The third-order valence-electron chi connectivity index (χ3n) is 5.48. The van der Waals surface area contributed by atoms with E-state index in [-0.39, 0.29) is 23.9 Å². The second kappa shape index (κ2) is 8.94. The Kier molecular flexibility index (Phi) is 5.68. The van der Waals surface area contributed by atoms with Gasteiger partial charge in [0.05, 0.1) is 18.5 Å². The van der Waals surface area contributed by atoms with Gasteiger partial charge < -0.3 is 10.4 Å². The second-order valence-corrected chi connectivity index (χ2v) is 7.76. The van der Waals surface area contributed by atoms with E-state index in [0.29, 0.717) is 29.4 Å². The monoisotopic (exact) mass is 462 g/mol. The van der Waals surface area contributed by atoms with Crippen LogP contribution in [0.25, 0.3) is 16.9 Å². The Bertz CT molecular complexity index is 1450. The lowest BCUT2D eigenvalue weighted by molar-refractivity contribution is 0.258. The van der Waals surface area contributed by atoms with Crippen LogP contribution in [0.15, 0.2) is 60.9 Å². The molecule has 1 aromatic carbocycles. The van der Waals surface area contributed by atoms with Crippen LogP contribution in [0.4, 0.5) is 20.5 Å². The highest BCUT2D eigenvalue weighted by Gasteiger charge is 2.21. The molecule has 2 N–H and O–H groups in total. The normalized spacial score (nSPS) is 12.2. The number of aliphatic hydroxyl groups is 1. The Morgan fingerprint density at radius 1 is 1.03 bits per heavy atom. The molecule has 0 saturated carbocycles. The van der Waals surface area contributed by atoms with Crippen molar-refractivity contribution in [1.82, 2.24) is 34.3 Å². The third kappa shape index (κ3) is 4.20. The van der Waals surface area contributed by atoms with Crippen LogP contribution in [-0.2, 0) is 13.5 Å². The Balaban J connectivity index is 1.46. The van der Waals surface area contributed by atoms with Gasteiger partial charge in [0.25, 0.3) is 0 Å². The van der Waals surface area contributed by atoms with E-state index in [4.69, 9.17) is 0 Å². The summed E-state index contributed by atoms with van der Waals surface area (Å²) in [5.74, 6) is -0.133. The van der Waals surface area contributed by atoms with Crippen LogP contribution in [-0.4, -0.2) is 46.1 Å². The highest BCUT2D eigenvalue weighted by atomic mass is 19.1. The zero-order valence-electron chi connectivity index (χ0n) is 18.1. The van der Waals surface area contributed by atoms with Crippen molar-refractivity contribution in [2.45, 2.75) is 12.3 Å². The van der Waals surface area contributed by atoms with Crippen molar-refractivity contribution in [2.75, 3.05) is 11.9 Å². The van der Waals surface area contributed by atoms with Crippen LogP contribution in [0, 0.1) is 11.8 Å². The number of nitrogens with zero attached hydrogens (tertiary/aromatic N) is 7. The molecule has 0 aliphatic rings. The fourth-order valence-electron chi connectivity index (χ4n) is 3.74. The molecule has 0 aliphatic carbocycles. The van der Waals surface area contributed by atoms with Crippen molar-refractivity contribution in [1.29, 1.82) is 0 Å². The largest absolute Gasteiger partial charge is 0.396 e. The highest BCUT2D eigenvalue weighted by Crippen LogP contribution is 2.26. The Morgan fingerprint density at radius 2 is 1.85 bits per heavy atom. The van der Waals surface area contributed by atoms with Crippen molar-refractivity contribution in [3.63, 3.8) is 0 Å². The van der Waals surface area contributed by atoms with Gasteiger partial charge in [-0.15, -0.1) is 10.2 Å². The fraction of sp³-hybridized carbons (Fsp3) is 0.174. The molecule has 5 rings (SSSR count). The van der Waals surface area contributed by atoms with Crippen molar-refractivity contribution in [2.24, 2.45) is 7.05 Å². The minimum absolute atomic E-state index is 0.270. The minimum atomic E-state index is -0.593. The number of pyridine rings is 1. The SMILES string of the molecule is Cn1nccc1Nc1nccc(-c2cc(F)n3c(C(CO)Cc4ccc(F)cc4)nnc3c2)n1. The van der Waals surface area contributed by atoms with Crippen LogP contribution in [0.5, 0.6) is 0 Å². The molecule has 5 aromatic rings. The van der Waals surface area contributed by atoms with E-state index < -0.39 is 11.9 Å². The molecule has 172 valence electrons. The Hall–Kier alpha value is -4.25. The standard InChI is InChI=1S/C23H20F2N8O/c1-32-20(7-9-27-32)29-23-26-8-6-18(28-23)15-11-19(25)33-21(12-15)30-31-22(33)16(13-34)10-14-2-4-17(24)5-3-14/h2-9,11-12,16,34H,10,13H2,1H3,(H,26,28,29). The minimum Gasteiger partial charge on any atom is -0.396 e. The van der Waals surface area contributed by atoms with Gasteiger partial charge in [0.1, 0.15) is 17.5 Å². The van der Waals surface area contributed by atoms with Crippen LogP contribution >= 0.6 is 0 Å². The lowest BCUT2D eigenvalue weighted by Crippen LogP contribution is -2.13. The number of rotatable bonds is 7. The maximum Gasteiger partial charge on any atom is 0.228 e. The van der Waals surface area contributed by atoms with Gasteiger partial charge in [-0.05, 0) is 36.2 Å². The molecular formula is C23H20F2N8O. The topological polar surface area (TPSA) is 106 Å². The second-order valence-electron chi connectivity index (χ2n) is 7.76. The number of aromatic nitrogens is 7. The first-order chi connectivity index (χ1) is 16.5. The van der Waals surface area contributed by atoms with E-state index in [2.05, 4.69) is 30.6 Å². The smallest absolute Gasteiger partial charge is 0.228 e. The third-order valence-corrected chi connectivity index (χ3v) is 5.48. The van der Waals surface area contributed by atoms with Crippen LogP contribution in [0.1, 0.15) is 17.3 Å². The van der Waals surface area contributed by atoms with Crippen molar-refractivity contribution in [3.05, 3.63) is 84.1 Å². The number of hydrogen-bond acceptors (Lipinski definition) is 7. The first-order valence-electron chi connectivity index (χ1n) is 10.5. The van der Waals surface area contributed by atoms with Crippen molar-refractivity contribution >= 4 is 17.4 Å².